The molecule has 0 saturated heterocycles. The molecule has 0 amide bonds. The van der Waals surface area contributed by atoms with Crippen molar-refractivity contribution >= 4 is 33.6 Å². The third-order valence-electron chi connectivity index (χ3n) is 10.5. The van der Waals surface area contributed by atoms with E-state index in [-0.39, 0.29) is 0 Å². The molecule has 0 radical (unpaired) electrons. The van der Waals surface area contributed by atoms with Crippen LogP contribution in [-0.4, -0.2) is 13.2 Å². The Hall–Kier alpha value is -5.90. The van der Waals surface area contributed by atoms with Crippen molar-refractivity contribution in [3.63, 3.8) is 0 Å². The van der Waals surface area contributed by atoms with Gasteiger partial charge in [-0.1, -0.05) is 133 Å². The molecule has 2 nitrogen and oxygen atoms in total. The zero-order valence-electron chi connectivity index (χ0n) is 32.7. The van der Waals surface area contributed by atoms with Crippen LogP contribution in [0.3, 0.4) is 0 Å². The quantitative estimate of drug-likeness (QED) is 0.116. The van der Waals surface area contributed by atoms with Crippen LogP contribution in [-0.2, 0) is 0 Å². The standard InChI is InChI=1S/C52H48O2S/c1-7-53-47-31-27-41(28-32-47)37(5)35(3)39-19-23-45(24-20-39)51-49(43-15-11-9-12-16-43)50(44-17-13-10-14-18-44)52(55-51)46-25-21-40(22-26-46)36(4)38(6)42-29-33-48(34-30-42)54-8-2/h9-34H,7-8H2,1-6H3/b37-35+,38-36+. The molecule has 1 aromatic heterocycles. The fraction of sp³-hybridized carbons (Fsp3) is 0.154. The van der Waals surface area contributed by atoms with E-state index in [2.05, 4.69) is 185 Å². The number of rotatable bonds is 12. The van der Waals surface area contributed by atoms with Gasteiger partial charge in [0.05, 0.1) is 13.2 Å². The van der Waals surface area contributed by atoms with E-state index >= 15 is 0 Å². The molecule has 1 heterocycles. The van der Waals surface area contributed by atoms with Crippen LogP contribution in [0.25, 0.3) is 65.4 Å². The first-order chi connectivity index (χ1) is 26.9. The van der Waals surface area contributed by atoms with Gasteiger partial charge in [-0.25, -0.2) is 0 Å². The number of thiophene rings is 1. The lowest BCUT2D eigenvalue weighted by atomic mass is 9.90. The van der Waals surface area contributed by atoms with Gasteiger partial charge >= 0.3 is 0 Å². The van der Waals surface area contributed by atoms with Gasteiger partial charge in [-0.05, 0) is 133 Å². The zero-order valence-corrected chi connectivity index (χ0v) is 33.5. The van der Waals surface area contributed by atoms with Gasteiger partial charge < -0.3 is 9.47 Å². The molecule has 3 heteroatoms. The summed E-state index contributed by atoms with van der Waals surface area (Å²) in [7, 11) is 0. The van der Waals surface area contributed by atoms with E-state index in [1.165, 1.54) is 87.7 Å². The summed E-state index contributed by atoms with van der Waals surface area (Å²) in [5.41, 5.74) is 17.3. The molecule has 0 unspecified atom stereocenters. The van der Waals surface area contributed by atoms with Crippen molar-refractivity contribution in [2.75, 3.05) is 13.2 Å². The van der Waals surface area contributed by atoms with Crippen LogP contribution < -0.4 is 9.47 Å². The van der Waals surface area contributed by atoms with E-state index in [0.29, 0.717) is 13.2 Å². The highest BCUT2D eigenvalue weighted by molar-refractivity contribution is 7.20. The van der Waals surface area contributed by atoms with Crippen molar-refractivity contribution in [3.8, 4) is 54.6 Å². The normalized spacial score (nSPS) is 12.2. The van der Waals surface area contributed by atoms with E-state index in [9.17, 15) is 0 Å². The number of hydrogen-bond acceptors (Lipinski definition) is 3. The maximum absolute atomic E-state index is 5.68. The highest BCUT2D eigenvalue weighted by atomic mass is 32.1. The Morgan fingerprint density at radius 3 is 0.945 bits per heavy atom. The number of ether oxygens (including phenoxy) is 2. The Bertz CT molecular complexity index is 2240. The molecule has 274 valence electrons. The lowest BCUT2D eigenvalue weighted by Crippen LogP contribution is -1.92. The zero-order chi connectivity index (χ0) is 38.3. The van der Waals surface area contributed by atoms with Gasteiger partial charge in [-0.2, -0.15) is 0 Å². The summed E-state index contributed by atoms with van der Waals surface area (Å²) in [5, 5.41) is 0. The molecule has 0 atom stereocenters. The van der Waals surface area contributed by atoms with E-state index in [1.807, 2.05) is 25.2 Å². The molecule has 6 aromatic carbocycles. The van der Waals surface area contributed by atoms with E-state index in [1.54, 1.807) is 0 Å². The number of hydrogen-bond donors (Lipinski definition) is 0. The largest absolute Gasteiger partial charge is 0.494 e. The van der Waals surface area contributed by atoms with Crippen molar-refractivity contribution in [1.29, 1.82) is 0 Å². The average molecular weight is 737 g/mol. The van der Waals surface area contributed by atoms with Crippen molar-refractivity contribution in [3.05, 3.63) is 180 Å². The minimum absolute atomic E-state index is 0.666. The van der Waals surface area contributed by atoms with Gasteiger partial charge in [-0.15, -0.1) is 11.3 Å². The van der Waals surface area contributed by atoms with Crippen molar-refractivity contribution in [2.24, 2.45) is 0 Å². The van der Waals surface area contributed by atoms with E-state index < -0.39 is 0 Å². The predicted octanol–water partition coefficient (Wildman–Crippen LogP) is 15.1. The summed E-state index contributed by atoms with van der Waals surface area (Å²) in [5.74, 6) is 1.80. The minimum Gasteiger partial charge on any atom is -0.494 e. The minimum atomic E-state index is 0.666. The average Bonchev–Trinajstić information content (AvgIpc) is 3.65. The highest BCUT2D eigenvalue weighted by Crippen LogP contribution is 2.52. The lowest BCUT2D eigenvalue weighted by Gasteiger charge is -2.13. The molecule has 0 spiro atoms. The molecule has 0 fully saturated rings. The van der Waals surface area contributed by atoms with Gasteiger partial charge in [-0.3, -0.25) is 0 Å². The molecule has 0 bridgehead atoms. The van der Waals surface area contributed by atoms with Crippen LogP contribution >= 0.6 is 11.3 Å². The first kappa shape index (κ1) is 37.4. The van der Waals surface area contributed by atoms with Gasteiger partial charge in [0.25, 0.3) is 0 Å². The Morgan fingerprint density at radius 2 is 0.655 bits per heavy atom. The Labute approximate surface area is 331 Å². The van der Waals surface area contributed by atoms with Crippen molar-refractivity contribution in [1.82, 2.24) is 0 Å². The molecular formula is C52H48O2S. The molecule has 0 aliphatic heterocycles. The smallest absolute Gasteiger partial charge is 0.119 e. The second kappa shape index (κ2) is 17.1. The van der Waals surface area contributed by atoms with Crippen LogP contribution in [0.5, 0.6) is 11.5 Å². The maximum Gasteiger partial charge on any atom is 0.119 e. The van der Waals surface area contributed by atoms with Crippen LogP contribution in [0.2, 0.25) is 0 Å². The summed E-state index contributed by atoms with van der Waals surface area (Å²) < 4.78 is 11.4. The summed E-state index contributed by atoms with van der Waals surface area (Å²) >= 11 is 1.88. The molecule has 55 heavy (non-hydrogen) atoms. The second-order valence-corrected chi connectivity index (χ2v) is 14.8. The molecule has 7 aromatic rings. The maximum atomic E-state index is 5.68. The van der Waals surface area contributed by atoms with Gasteiger partial charge in [0.1, 0.15) is 11.5 Å². The van der Waals surface area contributed by atoms with Crippen LogP contribution in [0.15, 0.2) is 158 Å². The Morgan fingerprint density at radius 1 is 0.364 bits per heavy atom. The first-order valence-electron chi connectivity index (χ1n) is 19.2. The summed E-state index contributed by atoms with van der Waals surface area (Å²) in [6, 6.07) is 56.8. The Balaban J connectivity index is 1.30. The summed E-state index contributed by atoms with van der Waals surface area (Å²) in [6.45, 7) is 14.2. The molecule has 7 rings (SSSR count). The third-order valence-corrected chi connectivity index (χ3v) is 11.8. The lowest BCUT2D eigenvalue weighted by molar-refractivity contribution is 0.340. The van der Waals surface area contributed by atoms with E-state index in [4.69, 9.17) is 9.47 Å². The fourth-order valence-electron chi connectivity index (χ4n) is 7.14. The van der Waals surface area contributed by atoms with Crippen molar-refractivity contribution in [2.45, 2.75) is 41.5 Å². The van der Waals surface area contributed by atoms with Crippen LogP contribution in [0.1, 0.15) is 63.8 Å². The highest BCUT2D eigenvalue weighted by Gasteiger charge is 2.23. The van der Waals surface area contributed by atoms with Crippen LogP contribution in [0, 0.1) is 0 Å². The Kier molecular flexibility index (Phi) is 11.6. The van der Waals surface area contributed by atoms with Crippen LogP contribution in [0.4, 0.5) is 0 Å². The first-order valence-corrected chi connectivity index (χ1v) is 20.0. The monoisotopic (exact) mass is 736 g/mol. The molecular weight excluding hydrogens is 689 g/mol. The summed E-state index contributed by atoms with van der Waals surface area (Å²) in [6.07, 6.45) is 0. The van der Waals surface area contributed by atoms with Gasteiger partial charge in [0.2, 0.25) is 0 Å². The predicted molar refractivity (Wildman–Crippen MR) is 238 cm³/mol. The fourth-order valence-corrected chi connectivity index (χ4v) is 8.50. The van der Waals surface area contributed by atoms with Crippen molar-refractivity contribution < 1.29 is 9.47 Å². The van der Waals surface area contributed by atoms with Gasteiger partial charge in [0, 0.05) is 20.9 Å². The van der Waals surface area contributed by atoms with Gasteiger partial charge in [0.15, 0.2) is 0 Å². The van der Waals surface area contributed by atoms with E-state index in [0.717, 1.165) is 11.5 Å². The number of benzene rings is 6. The number of allylic oxidation sites excluding steroid dienone is 4. The third kappa shape index (κ3) is 8.13. The molecule has 0 saturated carbocycles. The molecule has 0 N–H and O–H groups in total. The SMILES string of the molecule is CCOc1ccc(/C(C)=C(\C)c2ccc(-c3sc(-c4ccc(/C(C)=C(\C)c5ccc(OCC)cc5)cc4)c(-c4ccccc4)c3-c3ccccc3)cc2)cc1. The summed E-state index contributed by atoms with van der Waals surface area (Å²) in [4.78, 5) is 2.53. The molecule has 0 aliphatic carbocycles. The second-order valence-electron chi connectivity index (χ2n) is 13.8. The topological polar surface area (TPSA) is 18.5 Å². The molecule has 0 aliphatic rings.